The summed E-state index contributed by atoms with van der Waals surface area (Å²) in [4.78, 5) is 6.86. The van der Waals surface area contributed by atoms with E-state index >= 15 is 0 Å². The van der Waals surface area contributed by atoms with Gasteiger partial charge in [-0.3, -0.25) is 0 Å². The number of benzene rings is 1. The van der Waals surface area contributed by atoms with Crippen LogP contribution >= 0.6 is 24.2 Å². The lowest BCUT2D eigenvalue weighted by atomic mass is 10.3. The molecule has 0 saturated carbocycles. The Bertz CT molecular complexity index is 529. The monoisotopic (exact) mass is 316 g/mol. The number of rotatable bonds is 7. The van der Waals surface area contributed by atoms with Crippen molar-refractivity contribution in [2.45, 2.75) is 19.1 Å². The van der Waals surface area contributed by atoms with Crippen molar-refractivity contribution in [3.8, 4) is 5.75 Å². The fraction of sp³-hybridized carbons (Fsp3) is 0.500. The van der Waals surface area contributed by atoms with Gasteiger partial charge in [-0.25, -0.2) is 4.98 Å². The Labute approximate surface area is 130 Å². The Hall–Kier alpha value is -0.910. The molecule has 0 unspecified atom stereocenters. The van der Waals surface area contributed by atoms with Crippen LogP contribution < -0.4 is 4.74 Å². The highest BCUT2D eigenvalue weighted by atomic mass is 35.5. The summed E-state index contributed by atoms with van der Waals surface area (Å²) in [6, 6.07) is 5.68. The standard InChI is InChI=1S/C14H20N2O2S.ClH/c1-4-16(5-2)8-9-19-14-15-12-10-11(17-3)6-7-13(12)18-14;/h6-7,10H,4-5,8-9H2,1-3H3;1H. The van der Waals surface area contributed by atoms with E-state index in [1.54, 1.807) is 18.9 Å². The summed E-state index contributed by atoms with van der Waals surface area (Å²) in [5.41, 5.74) is 1.66. The van der Waals surface area contributed by atoms with Gasteiger partial charge < -0.3 is 14.1 Å². The molecule has 0 spiro atoms. The van der Waals surface area contributed by atoms with Crippen molar-refractivity contribution >= 4 is 35.3 Å². The first-order chi connectivity index (χ1) is 9.26. The molecule has 2 aromatic rings. The van der Waals surface area contributed by atoms with E-state index in [-0.39, 0.29) is 12.4 Å². The normalized spacial score (nSPS) is 10.8. The van der Waals surface area contributed by atoms with Gasteiger partial charge in [-0.1, -0.05) is 25.6 Å². The summed E-state index contributed by atoms with van der Waals surface area (Å²) in [7, 11) is 1.65. The lowest BCUT2D eigenvalue weighted by molar-refractivity contribution is 0.323. The predicted octanol–water partition coefficient (Wildman–Crippen LogP) is 3.69. The first kappa shape index (κ1) is 17.1. The number of thioether (sulfide) groups is 1. The number of nitrogens with zero attached hydrogens (tertiary/aromatic N) is 2. The smallest absolute Gasteiger partial charge is 0.256 e. The van der Waals surface area contributed by atoms with Gasteiger partial charge in [0.1, 0.15) is 11.3 Å². The molecule has 0 radical (unpaired) electrons. The zero-order valence-corrected chi connectivity index (χ0v) is 13.7. The molecule has 6 heteroatoms. The van der Waals surface area contributed by atoms with E-state index in [0.29, 0.717) is 0 Å². The summed E-state index contributed by atoms with van der Waals surface area (Å²) in [5, 5.41) is 0.732. The highest BCUT2D eigenvalue weighted by molar-refractivity contribution is 7.99. The van der Waals surface area contributed by atoms with Gasteiger partial charge in [-0.15, -0.1) is 12.4 Å². The van der Waals surface area contributed by atoms with Crippen molar-refractivity contribution in [1.82, 2.24) is 9.88 Å². The van der Waals surface area contributed by atoms with Crippen LogP contribution in [0.4, 0.5) is 0 Å². The van der Waals surface area contributed by atoms with Crippen molar-refractivity contribution in [3.63, 3.8) is 0 Å². The van der Waals surface area contributed by atoms with Crippen LogP contribution in [-0.4, -0.2) is 42.4 Å². The minimum atomic E-state index is 0. The topological polar surface area (TPSA) is 38.5 Å². The maximum absolute atomic E-state index is 5.69. The molecule has 0 fully saturated rings. The van der Waals surface area contributed by atoms with Gasteiger partial charge in [-0.2, -0.15) is 0 Å². The molecule has 0 aliphatic rings. The third-order valence-corrected chi connectivity index (χ3v) is 3.91. The molecular weight excluding hydrogens is 296 g/mol. The number of halogens is 1. The van der Waals surface area contributed by atoms with E-state index in [1.807, 2.05) is 18.2 Å². The molecule has 0 atom stereocenters. The number of aromatic nitrogens is 1. The number of oxazole rings is 1. The molecule has 2 rings (SSSR count). The third-order valence-electron chi connectivity index (χ3n) is 3.10. The van der Waals surface area contributed by atoms with Crippen LogP contribution in [0.2, 0.25) is 0 Å². The van der Waals surface area contributed by atoms with Gasteiger partial charge >= 0.3 is 0 Å². The van der Waals surface area contributed by atoms with E-state index in [0.717, 1.165) is 47.5 Å². The molecule has 112 valence electrons. The summed E-state index contributed by atoms with van der Waals surface area (Å²) < 4.78 is 10.9. The first-order valence-corrected chi connectivity index (χ1v) is 7.55. The Balaban J connectivity index is 0.00000200. The highest BCUT2D eigenvalue weighted by Gasteiger charge is 2.08. The van der Waals surface area contributed by atoms with Gasteiger partial charge in [0, 0.05) is 18.4 Å². The minimum absolute atomic E-state index is 0. The molecule has 0 aliphatic heterocycles. The second-order valence-electron chi connectivity index (χ2n) is 4.19. The fourth-order valence-corrected chi connectivity index (χ4v) is 2.71. The highest BCUT2D eigenvalue weighted by Crippen LogP contribution is 2.26. The second-order valence-corrected chi connectivity index (χ2v) is 5.23. The zero-order chi connectivity index (χ0) is 13.7. The second kappa shape index (κ2) is 8.39. The van der Waals surface area contributed by atoms with Crippen LogP contribution in [0.15, 0.2) is 27.8 Å². The molecule has 20 heavy (non-hydrogen) atoms. The van der Waals surface area contributed by atoms with Crippen molar-refractivity contribution in [1.29, 1.82) is 0 Å². The van der Waals surface area contributed by atoms with Crippen LogP contribution in [0.1, 0.15) is 13.8 Å². The predicted molar refractivity (Wildman–Crippen MR) is 86.3 cm³/mol. The summed E-state index contributed by atoms with van der Waals surface area (Å²) >= 11 is 1.66. The maximum Gasteiger partial charge on any atom is 0.256 e. The number of methoxy groups -OCH3 is 1. The molecule has 0 saturated heterocycles. The van der Waals surface area contributed by atoms with Gasteiger partial charge in [-0.05, 0) is 25.2 Å². The molecule has 1 heterocycles. The van der Waals surface area contributed by atoms with Crippen molar-refractivity contribution in [3.05, 3.63) is 18.2 Å². The molecular formula is C14H21ClN2O2S. The molecule has 4 nitrogen and oxygen atoms in total. The Kier molecular flexibility index (Phi) is 7.19. The Morgan fingerprint density at radius 3 is 2.70 bits per heavy atom. The lowest BCUT2D eigenvalue weighted by Crippen LogP contribution is -2.25. The zero-order valence-electron chi connectivity index (χ0n) is 12.1. The molecule has 0 N–H and O–H groups in total. The fourth-order valence-electron chi connectivity index (χ4n) is 1.88. The molecule has 1 aromatic heterocycles. The van der Waals surface area contributed by atoms with Crippen LogP contribution in [0.3, 0.4) is 0 Å². The number of hydrogen-bond donors (Lipinski definition) is 0. The molecule has 0 aliphatic carbocycles. The first-order valence-electron chi connectivity index (χ1n) is 6.56. The quantitative estimate of drug-likeness (QED) is 0.728. The number of hydrogen-bond acceptors (Lipinski definition) is 5. The van der Waals surface area contributed by atoms with E-state index in [2.05, 4.69) is 23.7 Å². The van der Waals surface area contributed by atoms with Crippen molar-refractivity contribution in [2.24, 2.45) is 0 Å². The SMILES string of the molecule is CCN(CC)CCSc1nc2cc(OC)ccc2o1.Cl. The van der Waals surface area contributed by atoms with Gasteiger partial charge in [0.05, 0.1) is 7.11 Å². The Morgan fingerprint density at radius 1 is 1.30 bits per heavy atom. The average molecular weight is 317 g/mol. The maximum atomic E-state index is 5.69. The van der Waals surface area contributed by atoms with Gasteiger partial charge in [0.2, 0.25) is 0 Å². The summed E-state index contributed by atoms with van der Waals surface area (Å²) in [6.45, 7) is 7.59. The van der Waals surface area contributed by atoms with E-state index in [4.69, 9.17) is 9.15 Å². The lowest BCUT2D eigenvalue weighted by Gasteiger charge is -2.16. The van der Waals surface area contributed by atoms with E-state index in [9.17, 15) is 0 Å². The van der Waals surface area contributed by atoms with Crippen LogP contribution in [0.25, 0.3) is 11.1 Å². The molecule has 0 bridgehead atoms. The largest absolute Gasteiger partial charge is 0.497 e. The van der Waals surface area contributed by atoms with E-state index in [1.165, 1.54) is 0 Å². The van der Waals surface area contributed by atoms with Gasteiger partial charge in [0.25, 0.3) is 5.22 Å². The van der Waals surface area contributed by atoms with Crippen LogP contribution in [0, 0.1) is 0 Å². The molecule has 1 aromatic carbocycles. The molecule has 0 amide bonds. The van der Waals surface area contributed by atoms with Crippen LogP contribution in [0.5, 0.6) is 5.75 Å². The van der Waals surface area contributed by atoms with Gasteiger partial charge in [0.15, 0.2) is 5.58 Å². The minimum Gasteiger partial charge on any atom is -0.497 e. The Morgan fingerprint density at radius 2 is 2.05 bits per heavy atom. The van der Waals surface area contributed by atoms with Crippen LogP contribution in [-0.2, 0) is 0 Å². The number of fused-ring (bicyclic) bond motifs is 1. The van der Waals surface area contributed by atoms with Crippen molar-refractivity contribution in [2.75, 3.05) is 32.5 Å². The van der Waals surface area contributed by atoms with E-state index < -0.39 is 0 Å². The van der Waals surface area contributed by atoms with Crippen molar-refractivity contribution < 1.29 is 9.15 Å². The summed E-state index contributed by atoms with van der Waals surface area (Å²) in [5.74, 6) is 1.80. The number of ether oxygens (including phenoxy) is 1. The average Bonchev–Trinajstić information content (AvgIpc) is 2.85. The summed E-state index contributed by atoms with van der Waals surface area (Å²) in [6.07, 6.45) is 0. The third kappa shape index (κ3) is 4.30.